The van der Waals surface area contributed by atoms with Crippen molar-refractivity contribution in [2.45, 2.75) is 24.8 Å². The second kappa shape index (κ2) is 6.21. The SMILES string of the molecule is CC(Cl)C(=O)N1CCOCC1CC(=O)c1ccco1. The molecule has 1 saturated heterocycles. The van der Waals surface area contributed by atoms with Crippen LogP contribution in [-0.2, 0) is 9.53 Å². The van der Waals surface area contributed by atoms with Gasteiger partial charge in [-0.1, -0.05) is 0 Å². The van der Waals surface area contributed by atoms with Crippen molar-refractivity contribution in [2.75, 3.05) is 19.8 Å². The molecule has 1 aliphatic rings. The zero-order chi connectivity index (χ0) is 13.8. The monoisotopic (exact) mass is 285 g/mol. The number of furan rings is 1. The van der Waals surface area contributed by atoms with Gasteiger partial charge >= 0.3 is 0 Å². The fourth-order valence-electron chi connectivity index (χ4n) is 2.09. The summed E-state index contributed by atoms with van der Waals surface area (Å²) in [6.45, 7) is 2.92. The topological polar surface area (TPSA) is 59.8 Å². The Hall–Kier alpha value is -1.33. The van der Waals surface area contributed by atoms with Gasteiger partial charge in [-0.2, -0.15) is 0 Å². The Labute approximate surface area is 116 Å². The van der Waals surface area contributed by atoms with E-state index in [1.807, 2.05) is 0 Å². The minimum absolute atomic E-state index is 0.138. The van der Waals surface area contributed by atoms with Crippen LogP contribution in [0.2, 0.25) is 0 Å². The van der Waals surface area contributed by atoms with Gasteiger partial charge in [0.05, 0.1) is 25.5 Å². The van der Waals surface area contributed by atoms with Crippen LogP contribution in [0.3, 0.4) is 0 Å². The molecule has 1 fully saturated rings. The number of ketones is 1. The van der Waals surface area contributed by atoms with Crippen LogP contribution in [0.5, 0.6) is 0 Å². The lowest BCUT2D eigenvalue weighted by Gasteiger charge is -2.35. The summed E-state index contributed by atoms with van der Waals surface area (Å²) in [7, 11) is 0. The molecule has 0 spiro atoms. The largest absolute Gasteiger partial charge is 0.461 e. The Morgan fingerprint density at radius 1 is 1.58 bits per heavy atom. The highest BCUT2D eigenvalue weighted by Crippen LogP contribution is 2.17. The normalized spacial score (nSPS) is 21.2. The first-order chi connectivity index (χ1) is 9.09. The summed E-state index contributed by atoms with van der Waals surface area (Å²) in [6.07, 6.45) is 1.64. The molecule has 1 amide bonds. The number of morpholine rings is 1. The average molecular weight is 286 g/mol. The molecule has 2 heterocycles. The van der Waals surface area contributed by atoms with E-state index in [9.17, 15) is 9.59 Å². The number of ether oxygens (including phenoxy) is 1. The zero-order valence-corrected chi connectivity index (χ0v) is 11.4. The molecular formula is C13H16ClNO4. The van der Waals surface area contributed by atoms with Crippen molar-refractivity contribution in [3.05, 3.63) is 24.2 Å². The van der Waals surface area contributed by atoms with Gasteiger partial charge in [0.1, 0.15) is 5.38 Å². The molecule has 6 heteroatoms. The molecule has 2 rings (SSSR count). The molecule has 0 aromatic carbocycles. The summed E-state index contributed by atoms with van der Waals surface area (Å²) < 4.78 is 10.4. The quantitative estimate of drug-likeness (QED) is 0.624. The molecule has 19 heavy (non-hydrogen) atoms. The number of Topliss-reactive ketones (excluding diaryl/α,β-unsaturated/α-hetero) is 1. The van der Waals surface area contributed by atoms with Crippen LogP contribution < -0.4 is 0 Å². The van der Waals surface area contributed by atoms with E-state index in [0.717, 1.165) is 0 Å². The summed E-state index contributed by atoms with van der Waals surface area (Å²) >= 11 is 5.83. The third kappa shape index (κ3) is 3.36. The molecule has 0 radical (unpaired) electrons. The van der Waals surface area contributed by atoms with Crippen molar-refractivity contribution in [2.24, 2.45) is 0 Å². The fraction of sp³-hybridized carbons (Fsp3) is 0.538. The molecular weight excluding hydrogens is 270 g/mol. The Morgan fingerprint density at radius 2 is 2.37 bits per heavy atom. The smallest absolute Gasteiger partial charge is 0.240 e. The maximum Gasteiger partial charge on any atom is 0.240 e. The van der Waals surface area contributed by atoms with E-state index in [2.05, 4.69) is 0 Å². The summed E-state index contributed by atoms with van der Waals surface area (Å²) in [5.41, 5.74) is 0. The molecule has 2 atom stereocenters. The highest BCUT2D eigenvalue weighted by atomic mass is 35.5. The Kier molecular flexibility index (Phi) is 4.61. The molecule has 104 valence electrons. The Balaban J connectivity index is 2.04. The Bertz CT molecular complexity index is 444. The van der Waals surface area contributed by atoms with Crippen molar-refractivity contribution < 1.29 is 18.7 Å². The first kappa shape index (κ1) is 14.1. The van der Waals surface area contributed by atoms with Gasteiger partial charge in [-0.3, -0.25) is 9.59 Å². The lowest BCUT2D eigenvalue weighted by molar-refractivity contribution is -0.138. The highest BCUT2D eigenvalue weighted by molar-refractivity contribution is 6.30. The molecule has 1 aromatic rings. The van der Waals surface area contributed by atoms with Crippen LogP contribution in [0.25, 0.3) is 0 Å². The third-order valence-corrected chi connectivity index (χ3v) is 3.25. The van der Waals surface area contributed by atoms with E-state index in [1.54, 1.807) is 24.0 Å². The number of carbonyl (C=O) groups is 2. The van der Waals surface area contributed by atoms with Gasteiger partial charge in [0, 0.05) is 13.0 Å². The highest BCUT2D eigenvalue weighted by Gasteiger charge is 2.31. The van der Waals surface area contributed by atoms with Crippen LogP contribution >= 0.6 is 11.6 Å². The summed E-state index contributed by atoms with van der Waals surface area (Å²) in [5.74, 6) is -0.000341. The predicted octanol–water partition coefficient (Wildman–Crippen LogP) is 1.71. The van der Waals surface area contributed by atoms with Crippen LogP contribution in [0.4, 0.5) is 0 Å². The van der Waals surface area contributed by atoms with Crippen molar-refractivity contribution >= 4 is 23.3 Å². The first-order valence-corrected chi connectivity index (χ1v) is 6.62. The zero-order valence-electron chi connectivity index (χ0n) is 10.7. The van der Waals surface area contributed by atoms with Crippen LogP contribution in [0.15, 0.2) is 22.8 Å². The first-order valence-electron chi connectivity index (χ1n) is 6.18. The minimum Gasteiger partial charge on any atom is -0.461 e. The number of hydrogen-bond acceptors (Lipinski definition) is 4. The number of hydrogen-bond donors (Lipinski definition) is 0. The van der Waals surface area contributed by atoms with Crippen molar-refractivity contribution in [3.63, 3.8) is 0 Å². The molecule has 1 aromatic heterocycles. The van der Waals surface area contributed by atoms with Gasteiger partial charge in [0.25, 0.3) is 0 Å². The Morgan fingerprint density at radius 3 is 3.00 bits per heavy atom. The van der Waals surface area contributed by atoms with E-state index in [0.29, 0.717) is 25.5 Å². The fourth-order valence-corrected chi connectivity index (χ4v) is 2.22. The van der Waals surface area contributed by atoms with Crippen LogP contribution in [0.1, 0.15) is 23.9 Å². The van der Waals surface area contributed by atoms with Gasteiger partial charge in [-0.15, -0.1) is 11.6 Å². The van der Waals surface area contributed by atoms with E-state index < -0.39 is 5.38 Å². The standard InChI is InChI=1S/C13H16ClNO4/c1-9(14)13(17)15-4-6-18-8-10(15)7-11(16)12-3-2-5-19-12/h2-3,5,9-10H,4,6-8H2,1H3. The molecule has 2 unspecified atom stereocenters. The van der Waals surface area contributed by atoms with Crippen LogP contribution in [-0.4, -0.2) is 47.8 Å². The molecule has 0 aliphatic carbocycles. The van der Waals surface area contributed by atoms with Crippen molar-refractivity contribution in [3.8, 4) is 0 Å². The molecule has 0 bridgehead atoms. The number of amides is 1. The second-order valence-electron chi connectivity index (χ2n) is 4.48. The van der Waals surface area contributed by atoms with Gasteiger partial charge in [-0.25, -0.2) is 0 Å². The number of halogens is 1. The van der Waals surface area contributed by atoms with Gasteiger partial charge in [-0.05, 0) is 19.1 Å². The maximum atomic E-state index is 12.0. The van der Waals surface area contributed by atoms with Gasteiger partial charge in [0.2, 0.25) is 5.91 Å². The predicted molar refractivity (Wildman–Crippen MR) is 69.3 cm³/mol. The molecule has 0 saturated carbocycles. The van der Waals surface area contributed by atoms with Gasteiger partial charge in [0.15, 0.2) is 11.5 Å². The number of alkyl halides is 1. The van der Waals surface area contributed by atoms with E-state index >= 15 is 0 Å². The second-order valence-corrected chi connectivity index (χ2v) is 5.14. The lowest BCUT2D eigenvalue weighted by atomic mass is 10.1. The van der Waals surface area contributed by atoms with E-state index in [4.69, 9.17) is 20.8 Å². The van der Waals surface area contributed by atoms with E-state index in [-0.39, 0.29) is 24.2 Å². The molecule has 5 nitrogen and oxygen atoms in total. The van der Waals surface area contributed by atoms with Gasteiger partial charge < -0.3 is 14.1 Å². The number of nitrogens with zero attached hydrogens (tertiary/aromatic N) is 1. The summed E-state index contributed by atoms with van der Waals surface area (Å²) in [5, 5.41) is -0.598. The third-order valence-electron chi connectivity index (χ3n) is 3.07. The maximum absolute atomic E-state index is 12.0. The number of carbonyl (C=O) groups excluding carboxylic acids is 2. The average Bonchev–Trinajstić information content (AvgIpc) is 2.92. The van der Waals surface area contributed by atoms with Crippen molar-refractivity contribution in [1.29, 1.82) is 0 Å². The minimum atomic E-state index is -0.598. The van der Waals surface area contributed by atoms with E-state index in [1.165, 1.54) is 6.26 Å². The summed E-state index contributed by atoms with van der Waals surface area (Å²) in [4.78, 5) is 25.6. The lowest BCUT2D eigenvalue weighted by Crippen LogP contribution is -2.51. The van der Waals surface area contributed by atoms with Crippen LogP contribution in [0, 0.1) is 0 Å². The van der Waals surface area contributed by atoms with Crippen molar-refractivity contribution in [1.82, 2.24) is 4.90 Å². The molecule has 0 N–H and O–H groups in total. The number of rotatable bonds is 4. The molecule has 1 aliphatic heterocycles. The summed E-state index contributed by atoms with van der Waals surface area (Å²) in [6, 6.07) is 3.00.